The average molecular weight is 435 g/mol. The molecule has 0 bridgehead atoms. The first kappa shape index (κ1) is 21.1. The fourth-order valence-corrected chi connectivity index (χ4v) is 3.38. The maximum atomic E-state index is 12.3. The van der Waals surface area contributed by atoms with Crippen molar-refractivity contribution >= 4 is 52.4 Å². The van der Waals surface area contributed by atoms with Gasteiger partial charge in [-0.25, -0.2) is 0 Å². The van der Waals surface area contributed by atoms with Crippen LogP contribution in [0.4, 0.5) is 11.4 Å². The lowest BCUT2D eigenvalue weighted by Crippen LogP contribution is -2.28. The van der Waals surface area contributed by atoms with E-state index in [0.717, 1.165) is 16.8 Å². The van der Waals surface area contributed by atoms with Gasteiger partial charge in [0.2, 0.25) is 5.91 Å². The van der Waals surface area contributed by atoms with Crippen molar-refractivity contribution in [3.05, 3.63) is 57.6 Å². The zero-order chi connectivity index (χ0) is 21.1. The largest absolute Gasteiger partial charge is 0.455 e. The van der Waals surface area contributed by atoms with Crippen LogP contribution < -0.4 is 10.2 Å². The summed E-state index contributed by atoms with van der Waals surface area (Å²) in [5.41, 5.74) is 3.28. The molecule has 1 aliphatic rings. The third-order valence-electron chi connectivity index (χ3n) is 4.81. The van der Waals surface area contributed by atoms with Gasteiger partial charge < -0.3 is 15.0 Å². The van der Waals surface area contributed by atoms with Crippen molar-refractivity contribution in [3.63, 3.8) is 0 Å². The second-order valence-corrected chi connectivity index (χ2v) is 7.80. The number of halogens is 2. The molecule has 3 rings (SSSR count). The molecule has 1 fully saturated rings. The topological polar surface area (TPSA) is 75.7 Å². The molecule has 2 aromatic rings. The van der Waals surface area contributed by atoms with Crippen LogP contribution in [-0.2, 0) is 19.1 Å². The van der Waals surface area contributed by atoms with E-state index in [4.69, 9.17) is 27.9 Å². The van der Waals surface area contributed by atoms with Gasteiger partial charge in [-0.3, -0.25) is 14.4 Å². The number of hydrogen-bond acceptors (Lipinski definition) is 4. The van der Waals surface area contributed by atoms with E-state index in [1.807, 2.05) is 32.0 Å². The van der Waals surface area contributed by atoms with E-state index in [2.05, 4.69) is 5.32 Å². The van der Waals surface area contributed by atoms with Gasteiger partial charge in [0.05, 0.1) is 16.6 Å². The maximum Gasteiger partial charge on any atom is 0.311 e. The maximum absolute atomic E-state index is 12.3. The van der Waals surface area contributed by atoms with Crippen LogP contribution in [0.3, 0.4) is 0 Å². The highest BCUT2D eigenvalue weighted by Gasteiger charge is 2.36. The lowest BCUT2D eigenvalue weighted by atomic mass is 10.1. The van der Waals surface area contributed by atoms with Gasteiger partial charge in [0.1, 0.15) is 0 Å². The van der Waals surface area contributed by atoms with Gasteiger partial charge in [-0.1, -0.05) is 29.3 Å². The molecular formula is C21H20Cl2N2O4. The van der Waals surface area contributed by atoms with Crippen molar-refractivity contribution < 1.29 is 19.1 Å². The van der Waals surface area contributed by atoms with E-state index in [-0.39, 0.29) is 18.9 Å². The standard InChI is InChI=1S/C21H20Cl2N2O4/c1-12-3-5-16(7-13(12)2)25-10-14(8-20(25)27)21(28)29-11-19(26)24-18-9-15(22)4-6-17(18)23/h3-7,9,14H,8,10-11H2,1-2H3,(H,24,26)/t14-/m1/s1. The van der Waals surface area contributed by atoms with Crippen LogP contribution in [0, 0.1) is 19.8 Å². The Morgan fingerprint density at radius 2 is 1.90 bits per heavy atom. The first-order chi connectivity index (χ1) is 13.7. The summed E-state index contributed by atoms with van der Waals surface area (Å²) in [6.45, 7) is 3.71. The lowest BCUT2D eigenvalue weighted by Gasteiger charge is -2.17. The third kappa shape index (κ3) is 5.08. The highest BCUT2D eigenvalue weighted by Crippen LogP contribution is 2.28. The molecule has 1 heterocycles. The summed E-state index contributed by atoms with van der Waals surface area (Å²) >= 11 is 11.9. The van der Waals surface area contributed by atoms with Gasteiger partial charge in [0.15, 0.2) is 6.61 Å². The Bertz CT molecular complexity index is 977. The Morgan fingerprint density at radius 1 is 1.14 bits per heavy atom. The minimum absolute atomic E-state index is 0.0491. The van der Waals surface area contributed by atoms with Crippen LogP contribution in [0.2, 0.25) is 10.0 Å². The number of carbonyl (C=O) groups is 3. The predicted molar refractivity (Wildman–Crippen MR) is 112 cm³/mol. The number of aryl methyl sites for hydroxylation is 2. The van der Waals surface area contributed by atoms with Crippen molar-refractivity contribution in [2.45, 2.75) is 20.3 Å². The summed E-state index contributed by atoms with van der Waals surface area (Å²) < 4.78 is 5.10. The van der Waals surface area contributed by atoms with Gasteiger partial charge in [-0.2, -0.15) is 0 Å². The molecule has 29 heavy (non-hydrogen) atoms. The Morgan fingerprint density at radius 3 is 2.62 bits per heavy atom. The van der Waals surface area contributed by atoms with E-state index < -0.39 is 24.4 Å². The van der Waals surface area contributed by atoms with Crippen LogP contribution in [0.25, 0.3) is 0 Å². The smallest absolute Gasteiger partial charge is 0.311 e. The summed E-state index contributed by atoms with van der Waals surface area (Å²) in [7, 11) is 0. The summed E-state index contributed by atoms with van der Waals surface area (Å²) in [4.78, 5) is 38.3. The van der Waals surface area contributed by atoms with Crippen LogP contribution in [0.5, 0.6) is 0 Å². The van der Waals surface area contributed by atoms with Gasteiger partial charge in [0.25, 0.3) is 5.91 Å². The summed E-state index contributed by atoms with van der Waals surface area (Å²) in [5, 5.41) is 3.28. The zero-order valence-electron chi connectivity index (χ0n) is 16.0. The minimum atomic E-state index is -0.619. The van der Waals surface area contributed by atoms with E-state index in [0.29, 0.717) is 15.7 Å². The fraction of sp³-hybridized carbons (Fsp3) is 0.286. The number of ether oxygens (including phenoxy) is 1. The Kier molecular flexibility index (Phi) is 6.45. The molecule has 152 valence electrons. The van der Waals surface area contributed by atoms with Crippen molar-refractivity contribution in [2.75, 3.05) is 23.4 Å². The molecule has 1 N–H and O–H groups in total. The summed E-state index contributed by atoms with van der Waals surface area (Å²) in [5.74, 6) is -1.90. The van der Waals surface area contributed by atoms with Crippen molar-refractivity contribution in [2.24, 2.45) is 5.92 Å². The number of esters is 1. The van der Waals surface area contributed by atoms with Gasteiger partial charge in [-0.05, 0) is 55.3 Å². The Labute approximate surface area is 178 Å². The molecule has 1 aliphatic heterocycles. The molecule has 0 unspecified atom stereocenters. The minimum Gasteiger partial charge on any atom is -0.455 e. The molecule has 8 heteroatoms. The number of nitrogens with one attached hydrogen (secondary N) is 1. The lowest BCUT2D eigenvalue weighted by molar-refractivity contribution is -0.151. The number of anilines is 2. The number of hydrogen-bond donors (Lipinski definition) is 1. The summed E-state index contributed by atoms with van der Waals surface area (Å²) in [6, 6.07) is 10.4. The normalized spacial score (nSPS) is 16.1. The summed E-state index contributed by atoms with van der Waals surface area (Å²) in [6.07, 6.45) is 0.0491. The van der Waals surface area contributed by atoms with Gasteiger partial charge in [0, 0.05) is 23.7 Å². The first-order valence-corrected chi connectivity index (χ1v) is 9.79. The highest BCUT2D eigenvalue weighted by atomic mass is 35.5. The molecule has 0 aliphatic carbocycles. The molecular weight excluding hydrogens is 415 g/mol. The predicted octanol–water partition coefficient (Wildman–Crippen LogP) is 4.15. The van der Waals surface area contributed by atoms with E-state index in [1.54, 1.807) is 17.0 Å². The molecule has 1 atom stereocenters. The fourth-order valence-electron chi connectivity index (χ4n) is 3.04. The SMILES string of the molecule is Cc1ccc(N2C[C@H](C(=O)OCC(=O)Nc3cc(Cl)ccc3Cl)CC2=O)cc1C. The van der Waals surface area contributed by atoms with Crippen LogP contribution in [0.1, 0.15) is 17.5 Å². The Balaban J connectivity index is 1.56. The molecule has 1 saturated heterocycles. The number of nitrogens with zero attached hydrogens (tertiary/aromatic N) is 1. The molecule has 2 amide bonds. The molecule has 2 aromatic carbocycles. The number of carbonyl (C=O) groups excluding carboxylic acids is 3. The number of rotatable bonds is 5. The van der Waals surface area contributed by atoms with E-state index >= 15 is 0 Å². The highest BCUT2D eigenvalue weighted by molar-refractivity contribution is 6.35. The zero-order valence-corrected chi connectivity index (χ0v) is 17.5. The molecule has 0 aromatic heterocycles. The van der Waals surface area contributed by atoms with E-state index in [1.165, 1.54) is 6.07 Å². The average Bonchev–Trinajstić information content (AvgIpc) is 3.07. The van der Waals surface area contributed by atoms with Crippen molar-refractivity contribution in [1.29, 1.82) is 0 Å². The van der Waals surface area contributed by atoms with E-state index in [9.17, 15) is 14.4 Å². The number of benzene rings is 2. The second-order valence-electron chi connectivity index (χ2n) is 6.95. The number of amides is 2. The van der Waals surface area contributed by atoms with Crippen LogP contribution in [-0.4, -0.2) is 30.9 Å². The molecule has 0 saturated carbocycles. The van der Waals surface area contributed by atoms with Crippen LogP contribution in [0.15, 0.2) is 36.4 Å². The van der Waals surface area contributed by atoms with Crippen molar-refractivity contribution in [3.8, 4) is 0 Å². The monoisotopic (exact) mass is 434 g/mol. The quantitative estimate of drug-likeness (QED) is 0.717. The Hall–Kier alpha value is -2.57. The van der Waals surface area contributed by atoms with Gasteiger partial charge in [-0.15, -0.1) is 0 Å². The van der Waals surface area contributed by atoms with Crippen molar-refractivity contribution in [1.82, 2.24) is 0 Å². The third-order valence-corrected chi connectivity index (χ3v) is 5.37. The molecule has 0 radical (unpaired) electrons. The second kappa shape index (κ2) is 8.84. The van der Waals surface area contributed by atoms with Gasteiger partial charge >= 0.3 is 5.97 Å². The first-order valence-electron chi connectivity index (χ1n) is 9.03. The van der Waals surface area contributed by atoms with Crippen LogP contribution >= 0.6 is 23.2 Å². The molecule has 6 nitrogen and oxygen atoms in total. The molecule has 0 spiro atoms.